The fourth-order valence-corrected chi connectivity index (χ4v) is 1.83. The van der Waals surface area contributed by atoms with Crippen LogP contribution in [-0.4, -0.2) is 30.6 Å². The van der Waals surface area contributed by atoms with E-state index in [2.05, 4.69) is 30.5 Å². The Morgan fingerprint density at radius 2 is 1.89 bits per heavy atom. The summed E-state index contributed by atoms with van der Waals surface area (Å²) >= 11 is 0. The summed E-state index contributed by atoms with van der Waals surface area (Å²) in [5.74, 6) is -0.178. The number of rotatable bonds is 8. The molecule has 0 bridgehead atoms. The maximum Gasteiger partial charge on any atom is 0.320 e. The van der Waals surface area contributed by atoms with Crippen molar-refractivity contribution in [1.82, 2.24) is 4.90 Å². The van der Waals surface area contributed by atoms with Gasteiger partial charge in [0.05, 0.1) is 13.2 Å². The van der Waals surface area contributed by atoms with Crippen LogP contribution in [0.3, 0.4) is 0 Å². The molecule has 3 heteroatoms. The third kappa shape index (κ3) is 6.20. The molecule has 0 saturated heterocycles. The molecule has 0 aliphatic carbocycles. The minimum absolute atomic E-state index is 0.178. The van der Waals surface area contributed by atoms with Gasteiger partial charge in [0.2, 0.25) is 0 Å². The minimum atomic E-state index is -0.178. The fraction of sp³-hybridized carbons (Fsp3) is 0.438. The largest absolute Gasteiger partial charge is 0.465 e. The van der Waals surface area contributed by atoms with E-state index in [1.54, 1.807) is 0 Å². The van der Waals surface area contributed by atoms with Gasteiger partial charge in [-0.2, -0.15) is 0 Å². The summed E-state index contributed by atoms with van der Waals surface area (Å²) in [4.78, 5) is 13.7. The van der Waals surface area contributed by atoms with E-state index in [1.807, 2.05) is 25.1 Å². The molecule has 0 radical (unpaired) electrons. The van der Waals surface area contributed by atoms with Crippen LogP contribution in [0.5, 0.6) is 0 Å². The van der Waals surface area contributed by atoms with Crippen molar-refractivity contribution in [2.75, 3.05) is 19.7 Å². The van der Waals surface area contributed by atoms with Crippen molar-refractivity contribution in [1.29, 1.82) is 0 Å². The van der Waals surface area contributed by atoms with E-state index in [4.69, 9.17) is 4.74 Å². The number of carbonyl (C=O) groups is 1. The average Bonchev–Trinajstić information content (AvgIpc) is 2.39. The van der Waals surface area contributed by atoms with Crippen LogP contribution in [-0.2, 0) is 16.1 Å². The van der Waals surface area contributed by atoms with Crippen molar-refractivity contribution in [2.45, 2.75) is 26.8 Å². The Hall–Kier alpha value is -1.61. The van der Waals surface area contributed by atoms with Crippen molar-refractivity contribution in [3.8, 4) is 0 Å². The quantitative estimate of drug-likeness (QED) is 0.532. The molecule has 0 aliphatic rings. The van der Waals surface area contributed by atoms with E-state index in [1.165, 1.54) is 5.56 Å². The number of carbonyl (C=O) groups excluding carboxylic acids is 1. The summed E-state index contributed by atoms with van der Waals surface area (Å²) in [6, 6.07) is 10.1. The summed E-state index contributed by atoms with van der Waals surface area (Å²) < 4.78 is 5.02. The zero-order chi connectivity index (χ0) is 14.1. The van der Waals surface area contributed by atoms with Gasteiger partial charge in [-0.15, -0.1) is 0 Å². The topological polar surface area (TPSA) is 29.5 Å². The van der Waals surface area contributed by atoms with Crippen LogP contribution in [0, 0.1) is 0 Å². The zero-order valence-electron chi connectivity index (χ0n) is 11.9. The molecular formula is C16H23NO2. The molecule has 0 saturated carbocycles. The van der Waals surface area contributed by atoms with Crippen LogP contribution in [0.2, 0.25) is 0 Å². The lowest BCUT2D eigenvalue weighted by Crippen LogP contribution is -2.32. The maximum absolute atomic E-state index is 11.6. The molecule has 0 aliphatic heterocycles. The van der Waals surface area contributed by atoms with Crippen LogP contribution in [0.4, 0.5) is 0 Å². The second-order valence-electron chi connectivity index (χ2n) is 4.54. The minimum Gasteiger partial charge on any atom is -0.465 e. The first-order chi connectivity index (χ1) is 9.15. The average molecular weight is 261 g/mol. The van der Waals surface area contributed by atoms with Crippen LogP contribution in [0.1, 0.15) is 25.8 Å². The molecule has 0 atom stereocenters. The third-order valence-corrected chi connectivity index (χ3v) is 2.85. The number of nitrogens with zero attached hydrogens (tertiary/aromatic N) is 1. The highest BCUT2D eigenvalue weighted by atomic mass is 16.5. The van der Waals surface area contributed by atoms with Crippen molar-refractivity contribution >= 4 is 5.97 Å². The number of benzene rings is 1. The Bertz CT molecular complexity index is 400. The van der Waals surface area contributed by atoms with Gasteiger partial charge < -0.3 is 4.74 Å². The van der Waals surface area contributed by atoms with E-state index in [0.717, 1.165) is 25.1 Å². The highest BCUT2D eigenvalue weighted by molar-refractivity contribution is 5.71. The molecule has 1 aromatic rings. The van der Waals surface area contributed by atoms with Crippen LogP contribution >= 0.6 is 0 Å². The molecule has 0 heterocycles. The number of ether oxygens (including phenoxy) is 1. The zero-order valence-corrected chi connectivity index (χ0v) is 11.9. The van der Waals surface area contributed by atoms with Gasteiger partial charge >= 0.3 is 5.97 Å². The SMILES string of the molecule is C=C(CC)CN(CC(=O)OCC)Cc1ccccc1. The number of esters is 1. The lowest BCUT2D eigenvalue weighted by molar-refractivity contribution is -0.144. The molecule has 3 nitrogen and oxygen atoms in total. The summed E-state index contributed by atoms with van der Waals surface area (Å²) in [6.07, 6.45) is 0.925. The normalized spacial score (nSPS) is 10.5. The summed E-state index contributed by atoms with van der Waals surface area (Å²) in [5, 5.41) is 0. The molecule has 0 N–H and O–H groups in total. The van der Waals surface area contributed by atoms with Crippen molar-refractivity contribution in [3.05, 3.63) is 48.0 Å². The smallest absolute Gasteiger partial charge is 0.320 e. The Balaban J connectivity index is 2.63. The van der Waals surface area contributed by atoms with Gasteiger partial charge in [0.15, 0.2) is 0 Å². The predicted octanol–water partition coefficient (Wildman–Crippen LogP) is 3.02. The summed E-state index contributed by atoms with van der Waals surface area (Å²) in [5.41, 5.74) is 2.32. The maximum atomic E-state index is 11.6. The molecular weight excluding hydrogens is 238 g/mol. The van der Waals surface area contributed by atoms with Crippen molar-refractivity contribution < 1.29 is 9.53 Å². The van der Waals surface area contributed by atoms with Gasteiger partial charge in [-0.25, -0.2) is 0 Å². The molecule has 1 rings (SSSR count). The molecule has 19 heavy (non-hydrogen) atoms. The van der Waals surface area contributed by atoms with Crippen molar-refractivity contribution in [2.24, 2.45) is 0 Å². The lowest BCUT2D eigenvalue weighted by atomic mass is 10.2. The first kappa shape index (κ1) is 15.4. The van der Waals surface area contributed by atoms with Gasteiger partial charge in [0.25, 0.3) is 0 Å². The predicted molar refractivity (Wildman–Crippen MR) is 77.8 cm³/mol. The molecule has 0 amide bonds. The second kappa shape index (κ2) is 8.48. The number of hydrogen-bond donors (Lipinski definition) is 0. The molecule has 0 fully saturated rings. The van der Waals surface area contributed by atoms with Gasteiger partial charge in [0.1, 0.15) is 0 Å². The standard InChI is InChI=1S/C16H23NO2/c1-4-14(3)11-17(13-16(18)19-5-2)12-15-9-7-6-8-10-15/h6-10H,3-5,11-13H2,1-2H3. The monoisotopic (exact) mass is 261 g/mol. The van der Waals surface area contributed by atoms with Crippen LogP contribution in [0.25, 0.3) is 0 Å². The fourth-order valence-electron chi connectivity index (χ4n) is 1.83. The highest BCUT2D eigenvalue weighted by Gasteiger charge is 2.12. The van der Waals surface area contributed by atoms with Gasteiger partial charge in [-0.05, 0) is 18.9 Å². The summed E-state index contributed by atoms with van der Waals surface area (Å²) in [6.45, 7) is 10.1. The van der Waals surface area contributed by atoms with E-state index < -0.39 is 0 Å². The van der Waals surface area contributed by atoms with Crippen LogP contribution < -0.4 is 0 Å². The lowest BCUT2D eigenvalue weighted by Gasteiger charge is -2.22. The third-order valence-electron chi connectivity index (χ3n) is 2.85. The summed E-state index contributed by atoms with van der Waals surface area (Å²) in [7, 11) is 0. The van der Waals surface area contributed by atoms with E-state index in [0.29, 0.717) is 13.2 Å². The number of hydrogen-bond acceptors (Lipinski definition) is 3. The Morgan fingerprint density at radius 3 is 2.47 bits per heavy atom. The first-order valence-corrected chi connectivity index (χ1v) is 6.74. The van der Waals surface area contributed by atoms with E-state index in [-0.39, 0.29) is 5.97 Å². The Labute approximate surface area is 115 Å². The molecule has 1 aromatic carbocycles. The highest BCUT2D eigenvalue weighted by Crippen LogP contribution is 2.08. The van der Waals surface area contributed by atoms with Gasteiger partial charge in [0, 0.05) is 13.1 Å². The van der Waals surface area contributed by atoms with Gasteiger partial charge in [-0.3, -0.25) is 9.69 Å². The Morgan fingerprint density at radius 1 is 1.21 bits per heavy atom. The van der Waals surface area contributed by atoms with Gasteiger partial charge in [-0.1, -0.05) is 49.4 Å². The Kier molecular flexibility index (Phi) is 6.90. The molecule has 104 valence electrons. The molecule has 0 aromatic heterocycles. The first-order valence-electron chi connectivity index (χ1n) is 6.74. The molecule has 0 unspecified atom stereocenters. The molecule has 0 spiro atoms. The van der Waals surface area contributed by atoms with E-state index >= 15 is 0 Å². The van der Waals surface area contributed by atoms with Crippen molar-refractivity contribution in [3.63, 3.8) is 0 Å². The second-order valence-corrected chi connectivity index (χ2v) is 4.54. The van der Waals surface area contributed by atoms with E-state index in [9.17, 15) is 4.79 Å². The van der Waals surface area contributed by atoms with Crippen LogP contribution in [0.15, 0.2) is 42.5 Å².